The molecule has 0 radical (unpaired) electrons. The summed E-state index contributed by atoms with van der Waals surface area (Å²) >= 11 is 0. The molecule has 2 aromatic heterocycles. The Kier molecular flexibility index (Phi) is 5.66. The lowest BCUT2D eigenvalue weighted by Gasteiger charge is -2.32. The first-order valence-corrected chi connectivity index (χ1v) is 10.3. The van der Waals surface area contributed by atoms with Gasteiger partial charge in [-0.25, -0.2) is 14.2 Å². The smallest absolute Gasteiger partial charge is 0.317 e. The molecule has 0 spiro atoms. The number of piperidine rings is 1. The van der Waals surface area contributed by atoms with Gasteiger partial charge in [0.05, 0.1) is 17.8 Å². The highest BCUT2D eigenvalue weighted by Crippen LogP contribution is 2.21. The van der Waals surface area contributed by atoms with Crippen LogP contribution in [-0.4, -0.2) is 62.8 Å². The number of ether oxygens (including phenoxy) is 1. The number of hydrogen-bond donors (Lipinski definition) is 1. The first kappa shape index (κ1) is 19.6. The minimum atomic E-state index is -0.128. The van der Waals surface area contributed by atoms with E-state index >= 15 is 0 Å². The van der Waals surface area contributed by atoms with Crippen LogP contribution in [-0.2, 0) is 4.74 Å². The molecular weight excluding hydrogens is 372 g/mol. The lowest BCUT2D eigenvalue weighted by Crippen LogP contribution is -2.47. The number of hydrogen-bond acceptors (Lipinski definition) is 5. The molecule has 2 saturated heterocycles. The summed E-state index contributed by atoms with van der Waals surface area (Å²) in [5.74, 6) is 0.631. The maximum absolute atomic E-state index is 12.4. The zero-order chi connectivity index (χ0) is 20.4. The van der Waals surface area contributed by atoms with E-state index in [1.54, 1.807) is 26.4 Å². The van der Waals surface area contributed by atoms with E-state index in [2.05, 4.69) is 15.5 Å². The van der Waals surface area contributed by atoms with Crippen molar-refractivity contribution in [2.24, 2.45) is 0 Å². The highest BCUT2D eigenvalue weighted by Gasteiger charge is 2.26. The van der Waals surface area contributed by atoms with Crippen LogP contribution in [0.4, 0.5) is 4.79 Å². The topological polar surface area (TPSA) is 94.3 Å². The van der Waals surface area contributed by atoms with Crippen LogP contribution in [0.3, 0.4) is 0 Å². The van der Waals surface area contributed by atoms with Gasteiger partial charge in [0.15, 0.2) is 5.82 Å². The predicted octanol–water partition coefficient (Wildman–Crippen LogP) is 1.57. The Bertz CT molecular complexity index is 923. The van der Waals surface area contributed by atoms with Crippen LogP contribution in [0.2, 0.25) is 0 Å². The molecule has 2 fully saturated rings. The van der Waals surface area contributed by atoms with E-state index in [1.165, 1.54) is 0 Å². The number of carbonyl (C=O) groups is 1. The van der Waals surface area contributed by atoms with Crippen molar-refractivity contribution in [1.82, 2.24) is 29.8 Å². The summed E-state index contributed by atoms with van der Waals surface area (Å²) in [6.45, 7) is 6.43. The molecule has 0 bridgehead atoms. The van der Waals surface area contributed by atoms with E-state index in [-0.39, 0.29) is 23.7 Å². The number of amides is 2. The normalized spacial score (nSPS) is 20.2. The van der Waals surface area contributed by atoms with Gasteiger partial charge in [-0.15, -0.1) is 5.10 Å². The van der Waals surface area contributed by atoms with Gasteiger partial charge in [-0.1, -0.05) is 0 Å². The highest BCUT2D eigenvalue weighted by molar-refractivity contribution is 5.74. The van der Waals surface area contributed by atoms with Gasteiger partial charge >= 0.3 is 6.03 Å². The number of carbonyl (C=O) groups excluding carboxylic acids is 1. The molecule has 4 heterocycles. The zero-order valence-corrected chi connectivity index (χ0v) is 17.0. The Morgan fingerprint density at radius 3 is 2.66 bits per heavy atom. The van der Waals surface area contributed by atoms with Crippen molar-refractivity contribution >= 4 is 6.03 Å². The second-order valence-corrected chi connectivity index (χ2v) is 7.85. The Morgan fingerprint density at radius 1 is 1.21 bits per heavy atom. The molecule has 9 nitrogen and oxygen atoms in total. The third-order valence-corrected chi connectivity index (χ3v) is 5.64. The fourth-order valence-corrected chi connectivity index (χ4v) is 4.08. The molecule has 2 amide bonds. The maximum atomic E-state index is 12.4. The van der Waals surface area contributed by atoms with Crippen molar-refractivity contribution in [1.29, 1.82) is 0 Å². The SMILES string of the molecule is Cc1cc(C)n(-c2ccc(=O)n(C3CCN(C(=O)NCC4CCCO4)CC3)n2)n1. The lowest BCUT2D eigenvalue weighted by atomic mass is 10.1. The maximum Gasteiger partial charge on any atom is 0.317 e. The molecule has 29 heavy (non-hydrogen) atoms. The average Bonchev–Trinajstić information content (AvgIpc) is 3.36. The highest BCUT2D eigenvalue weighted by atomic mass is 16.5. The second kappa shape index (κ2) is 8.36. The van der Waals surface area contributed by atoms with Crippen molar-refractivity contribution in [2.75, 3.05) is 26.2 Å². The van der Waals surface area contributed by atoms with Gasteiger partial charge in [0.25, 0.3) is 5.56 Å². The molecule has 2 aliphatic rings. The summed E-state index contributed by atoms with van der Waals surface area (Å²) in [6, 6.07) is 5.13. The van der Waals surface area contributed by atoms with E-state index in [1.807, 2.05) is 19.9 Å². The van der Waals surface area contributed by atoms with Gasteiger partial charge in [0, 0.05) is 38.0 Å². The van der Waals surface area contributed by atoms with Crippen molar-refractivity contribution < 1.29 is 9.53 Å². The van der Waals surface area contributed by atoms with Crippen molar-refractivity contribution in [3.63, 3.8) is 0 Å². The summed E-state index contributed by atoms with van der Waals surface area (Å²) in [5.41, 5.74) is 1.75. The number of aromatic nitrogens is 4. The van der Waals surface area contributed by atoms with Gasteiger partial charge in [-0.2, -0.15) is 5.10 Å². The number of nitrogens with one attached hydrogen (secondary N) is 1. The van der Waals surface area contributed by atoms with Crippen LogP contribution in [0, 0.1) is 13.8 Å². The molecule has 1 unspecified atom stereocenters. The second-order valence-electron chi connectivity index (χ2n) is 7.85. The summed E-state index contributed by atoms with van der Waals surface area (Å²) in [6.07, 6.45) is 3.59. The van der Waals surface area contributed by atoms with Crippen LogP contribution in [0.1, 0.15) is 43.1 Å². The molecule has 1 atom stereocenters. The van der Waals surface area contributed by atoms with Crippen LogP contribution in [0.25, 0.3) is 5.82 Å². The Balaban J connectivity index is 1.39. The van der Waals surface area contributed by atoms with Crippen molar-refractivity contribution in [3.8, 4) is 5.82 Å². The van der Waals surface area contributed by atoms with Gasteiger partial charge < -0.3 is 15.0 Å². The summed E-state index contributed by atoms with van der Waals surface area (Å²) in [4.78, 5) is 26.6. The minimum Gasteiger partial charge on any atom is -0.376 e. The Morgan fingerprint density at radius 2 is 2.00 bits per heavy atom. The molecule has 4 rings (SSSR count). The number of rotatable bonds is 4. The number of aryl methyl sites for hydroxylation is 2. The van der Waals surface area contributed by atoms with Gasteiger partial charge in [0.1, 0.15) is 0 Å². The van der Waals surface area contributed by atoms with E-state index in [0.29, 0.717) is 38.3 Å². The molecule has 2 aliphatic heterocycles. The van der Waals surface area contributed by atoms with Gasteiger partial charge in [-0.3, -0.25) is 4.79 Å². The number of nitrogens with zero attached hydrogens (tertiary/aromatic N) is 5. The van der Waals surface area contributed by atoms with Crippen LogP contribution in [0.5, 0.6) is 0 Å². The standard InChI is InChI=1S/C20H28N6O3/c1-14-12-15(2)25(22-14)18-5-6-19(27)26(23-18)16-7-9-24(10-8-16)20(28)21-13-17-4-3-11-29-17/h5-6,12,16-17H,3-4,7-11,13H2,1-2H3,(H,21,28). The van der Waals surface area contributed by atoms with Gasteiger partial charge in [-0.05, 0) is 51.7 Å². The zero-order valence-electron chi connectivity index (χ0n) is 17.0. The Labute approximate surface area is 169 Å². The fourth-order valence-electron chi connectivity index (χ4n) is 4.08. The van der Waals surface area contributed by atoms with Crippen LogP contribution >= 0.6 is 0 Å². The molecule has 2 aromatic rings. The molecule has 0 aromatic carbocycles. The van der Waals surface area contributed by atoms with Crippen LogP contribution in [0.15, 0.2) is 23.0 Å². The van der Waals surface area contributed by atoms with E-state index in [0.717, 1.165) is 30.8 Å². The number of likely N-dealkylation sites (tertiary alicyclic amines) is 1. The quantitative estimate of drug-likeness (QED) is 0.841. The van der Waals surface area contributed by atoms with Crippen molar-refractivity contribution in [3.05, 3.63) is 39.9 Å². The molecule has 9 heteroatoms. The summed E-state index contributed by atoms with van der Waals surface area (Å²) in [7, 11) is 0. The van der Waals surface area contributed by atoms with Crippen molar-refractivity contribution in [2.45, 2.75) is 51.7 Å². The van der Waals surface area contributed by atoms with E-state index in [9.17, 15) is 9.59 Å². The first-order chi connectivity index (χ1) is 14.0. The Hall–Kier alpha value is -2.68. The molecule has 0 aliphatic carbocycles. The van der Waals surface area contributed by atoms with Gasteiger partial charge in [0.2, 0.25) is 0 Å². The fraction of sp³-hybridized carbons (Fsp3) is 0.600. The van der Waals surface area contributed by atoms with E-state index in [4.69, 9.17) is 4.74 Å². The first-order valence-electron chi connectivity index (χ1n) is 10.3. The number of urea groups is 1. The average molecular weight is 400 g/mol. The molecule has 156 valence electrons. The summed E-state index contributed by atoms with van der Waals surface area (Å²) in [5, 5.41) is 12.0. The third kappa shape index (κ3) is 4.34. The van der Waals surface area contributed by atoms with E-state index < -0.39 is 0 Å². The predicted molar refractivity (Wildman–Crippen MR) is 107 cm³/mol. The minimum absolute atomic E-state index is 0.0263. The molecule has 1 N–H and O–H groups in total. The van der Waals surface area contributed by atoms with Crippen LogP contribution < -0.4 is 10.9 Å². The summed E-state index contributed by atoms with van der Waals surface area (Å²) < 4.78 is 8.85. The third-order valence-electron chi connectivity index (χ3n) is 5.64. The lowest BCUT2D eigenvalue weighted by molar-refractivity contribution is 0.107. The largest absolute Gasteiger partial charge is 0.376 e. The molecule has 0 saturated carbocycles. The molecular formula is C20H28N6O3. The monoisotopic (exact) mass is 400 g/mol.